The molecule has 2 aromatic carbocycles. The average molecular weight is 589 g/mol. The number of fused-ring (bicyclic) bond motifs is 1. The number of piperazine rings is 1. The van der Waals surface area contributed by atoms with E-state index in [1.54, 1.807) is 41.3 Å². The SMILES string of the molecule is C=CC(=O)N1CCN(c2nc(=O)n(-c3c(C(N)=O)cccc3C(C)C)c3nc(-c4ccccc4F)c(Cl)cc23)[C@@H](C)C1. The first-order valence-electron chi connectivity index (χ1n) is 13.5. The van der Waals surface area contributed by atoms with E-state index in [2.05, 4.69) is 11.6 Å². The van der Waals surface area contributed by atoms with Gasteiger partial charge in [0.2, 0.25) is 5.91 Å². The summed E-state index contributed by atoms with van der Waals surface area (Å²) < 4.78 is 16.2. The fourth-order valence-corrected chi connectivity index (χ4v) is 5.70. The maximum atomic E-state index is 15.0. The summed E-state index contributed by atoms with van der Waals surface area (Å²) in [6, 6.07) is 12.5. The molecule has 1 fully saturated rings. The number of nitrogens with zero attached hydrogens (tertiary/aromatic N) is 5. The first kappa shape index (κ1) is 28.9. The molecule has 9 nitrogen and oxygen atoms in total. The van der Waals surface area contributed by atoms with Crippen molar-refractivity contribution in [3.05, 3.63) is 93.6 Å². The molecule has 2 aromatic heterocycles. The van der Waals surface area contributed by atoms with Crippen LogP contribution in [0.5, 0.6) is 0 Å². The van der Waals surface area contributed by atoms with E-state index < -0.39 is 17.4 Å². The number of aromatic nitrogens is 3. The topological polar surface area (TPSA) is 114 Å². The van der Waals surface area contributed by atoms with Crippen LogP contribution in [-0.2, 0) is 4.79 Å². The number of pyridine rings is 1. The number of rotatable bonds is 6. The third kappa shape index (κ3) is 5.02. The Bertz CT molecular complexity index is 1800. The van der Waals surface area contributed by atoms with Crippen molar-refractivity contribution in [1.82, 2.24) is 19.4 Å². The van der Waals surface area contributed by atoms with Crippen LogP contribution in [0.15, 0.2) is 66.0 Å². The number of primary amides is 1. The lowest BCUT2D eigenvalue weighted by Gasteiger charge is -2.40. The normalized spacial score (nSPS) is 15.3. The highest BCUT2D eigenvalue weighted by atomic mass is 35.5. The Labute approximate surface area is 247 Å². The Morgan fingerprint density at radius 3 is 2.52 bits per heavy atom. The largest absolute Gasteiger partial charge is 0.366 e. The van der Waals surface area contributed by atoms with Crippen molar-refractivity contribution >= 4 is 40.3 Å². The molecule has 4 aromatic rings. The van der Waals surface area contributed by atoms with Crippen molar-refractivity contribution in [2.75, 3.05) is 24.5 Å². The zero-order chi connectivity index (χ0) is 30.3. The number of amides is 2. The second kappa shape index (κ2) is 11.4. The van der Waals surface area contributed by atoms with E-state index in [1.165, 1.54) is 16.7 Å². The Morgan fingerprint density at radius 1 is 1.14 bits per heavy atom. The Kier molecular flexibility index (Phi) is 7.83. The Balaban J connectivity index is 1.85. The summed E-state index contributed by atoms with van der Waals surface area (Å²) in [5, 5.41) is 0.574. The van der Waals surface area contributed by atoms with Gasteiger partial charge in [0.25, 0.3) is 5.91 Å². The van der Waals surface area contributed by atoms with Gasteiger partial charge in [0.15, 0.2) is 5.65 Å². The molecular formula is C31H30ClFN6O3. The van der Waals surface area contributed by atoms with Crippen molar-refractivity contribution in [3.63, 3.8) is 0 Å². The number of hydrogen-bond acceptors (Lipinski definition) is 6. The molecule has 11 heteroatoms. The van der Waals surface area contributed by atoms with Gasteiger partial charge < -0.3 is 15.5 Å². The van der Waals surface area contributed by atoms with Gasteiger partial charge in [-0.05, 0) is 48.7 Å². The number of halogens is 2. The minimum absolute atomic E-state index is 0.102. The van der Waals surface area contributed by atoms with Gasteiger partial charge in [-0.25, -0.2) is 18.7 Å². The third-order valence-electron chi connectivity index (χ3n) is 7.49. The molecule has 216 valence electrons. The number of anilines is 1. The van der Waals surface area contributed by atoms with Crippen LogP contribution in [0.3, 0.4) is 0 Å². The molecule has 5 rings (SSSR count). The molecule has 2 amide bonds. The van der Waals surface area contributed by atoms with Gasteiger partial charge in [0, 0.05) is 31.2 Å². The third-order valence-corrected chi connectivity index (χ3v) is 7.78. The lowest BCUT2D eigenvalue weighted by Crippen LogP contribution is -2.54. The van der Waals surface area contributed by atoms with Crippen molar-refractivity contribution < 1.29 is 14.0 Å². The van der Waals surface area contributed by atoms with Gasteiger partial charge in [-0.15, -0.1) is 0 Å². The van der Waals surface area contributed by atoms with Gasteiger partial charge in [-0.2, -0.15) is 4.98 Å². The second-order valence-electron chi connectivity index (χ2n) is 10.5. The fraction of sp³-hybridized carbons (Fsp3) is 0.258. The predicted molar refractivity (Wildman–Crippen MR) is 162 cm³/mol. The fourth-order valence-electron chi connectivity index (χ4n) is 5.45. The molecule has 0 radical (unpaired) electrons. The van der Waals surface area contributed by atoms with Crippen molar-refractivity contribution in [1.29, 1.82) is 0 Å². The zero-order valence-electron chi connectivity index (χ0n) is 23.5. The van der Waals surface area contributed by atoms with E-state index in [-0.39, 0.29) is 51.0 Å². The lowest BCUT2D eigenvalue weighted by molar-refractivity contribution is -0.126. The van der Waals surface area contributed by atoms with Crippen molar-refractivity contribution in [2.45, 2.75) is 32.7 Å². The average Bonchev–Trinajstić information content (AvgIpc) is 2.96. The lowest BCUT2D eigenvalue weighted by atomic mass is 9.97. The van der Waals surface area contributed by atoms with E-state index in [0.717, 1.165) is 0 Å². The summed E-state index contributed by atoms with van der Waals surface area (Å²) in [5.74, 6) is -1.22. The van der Waals surface area contributed by atoms with Gasteiger partial charge in [0.1, 0.15) is 11.6 Å². The number of carbonyl (C=O) groups excluding carboxylic acids is 2. The highest BCUT2D eigenvalue weighted by molar-refractivity contribution is 6.33. The summed E-state index contributed by atoms with van der Waals surface area (Å²) in [7, 11) is 0. The van der Waals surface area contributed by atoms with Crippen LogP contribution < -0.4 is 16.3 Å². The van der Waals surface area contributed by atoms with Gasteiger partial charge in [0.05, 0.1) is 27.4 Å². The number of benzene rings is 2. The Hall–Kier alpha value is -4.57. The van der Waals surface area contributed by atoms with E-state index >= 15 is 0 Å². The highest BCUT2D eigenvalue weighted by Gasteiger charge is 2.31. The smallest absolute Gasteiger partial charge is 0.355 e. The predicted octanol–water partition coefficient (Wildman–Crippen LogP) is 4.69. The van der Waals surface area contributed by atoms with E-state index in [1.807, 2.05) is 31.7 Å². The van der Waals surface area contributed by atoms with Crippen LogP contribution >= 0.6 is 11.6 Å². The summed E-state index contributed by atoms with van der Waals surface area (Å²) in [5.41, 5.74) is 6.57. The van der Waals surface area contributed by atoms with E-state index in [4.69, 9.17) is 22.3 Å². The van der Waals surface area contributed by atoms with Crippen molar-refractivity contribution in [3.8, 4) is 16.9 Å². The highest BCUT2D eigenvalue weighted by Crippen LogP contribution is 2.36. The molecule has 0 aliphatic carbocycles. The zero-order valence-corrected chi connectivity index (χ0v) is 24.2. The summed E-state index contributed by atoms with van der Waals surface area (Å²) in [4.78, 5) is 51.8. The van der Waals surface area contributed by atoms with Gasteiger partial charge in [-0.3, -0.25) is 9.59 Å². The number of para-hydroxylation sites is 1. The molecular weight excluding hydrogens is 559 g/mol. The maximum Gasteiger partial charge on any atom is 0.355 e. The van der Waals surface area contributed by atoms with Crippen LogP contribution in [0.2, 0.25) is 5.02 Å². The standard InChI is InChI=1S/C31H30ClFN6O3/c1-5-25(40)37-13-14-38(18(4)16-37)29-22-15-23(32)26(20-9-6-7-12-24(20)33)35-30(22)39(31(42)36-29)27-19(17(2)3)10-8-11-21(27)28(34)41/h5-12,15,17-18H,1,13-14,16H2,2-4H3,(H2,34,41)/t18-/m0/s1. The van der Waals surface area contributed by atoms with Crippen LogP contribution in [0.4, 0.5) is 10.2 Å². The maximum absolute atomic E-state index is 15.0. The first-order valence-corrected chi connectivity index (χ1v) is 13.9. The molecule has 2 N–H and O–H groups in total. The summed E-state index contributed by atoms with van der Waals surface area (Å²) in [6.07, 6.45) is 1.27. The minimum atomic E-state index is -0.725. The number of nitrogens with two attached hydrogens (primary N) is 1. The second-order valence-corrected chi connectivity index (χ2v) is 10.9. The van der Waals surface area contributed by atoms with Crippen LogP contribution in [-0.4, -0.2) is 56.9 Å². The molecule has 1 aliphatic heterocycles. The van der Waals surface area contributed by atoms with Crippen LogP contribution in [0.1, 0.15) is 42.6 Å². The molecule has 0 spiro atoms. The monoisotopic (exact) mass is 588 g/mol. The molecule has 42 heavy (non-hydrogen) atoms. The van der Waals surface area contributed by atoms with E-state index in [9.17, 15) is 18.8 Å². The number of hydrogen-bond donors (Lipinski definition) is 1. The molecule has 1 aliphatic rings. The van der Waals surface area contributed by atoms with Crippen LogP contribution in [0.25, 0.3) is 28.0 Å². The molecule has 3 heterocycles. The molecule has 0 unspecified atom stereocenters. The molecule has 1 atom stereocenters. The summed E-state index contributed by atoms with van der Waals surface area (Å²) >= 11 is 6.74. The van der Waals surface area contributed by atoms with E-state index in [0.29, 0.717) is 36.4 Å². The quantitative estimate of drug-likeness (QED) is 0.327. The first-order chi connectivity index (χ1) is 20.0. The number of carbonyl (C=O) groups is 2. The Morgan fingerprint density at radius 2 is 1.88 bits per heavy atom. The molecule has 0 saturated carbocycles. The van der Waals surface area contributed by atoms with Gasteiger partial charge >= 0.3 is 5.69 Å². The molecule has 1 saturated heterocycles. The molecule has 0 bridgehead atoms. The van der Waals surface area contributed by atoms with Crippen molar-refractivity contribution in [2.24, 2.45) is 5.73 Å². The summed E-state index contributed by atoms with van der Waals surface area (Å²) in [6.45, 7) is 10.5. The minimum Gasteiger partial charge on any atom is -0.366 e. The van der Waals surface area contributed by atoms with Gasteiger partial charge in [-0.1, -0.05) is 56.3 Å². The van der Waals surface area contributed by atoms with Crippen LogP contribution in [0, 0.1) is 5.82 Å².